The molecule has 0 spiro atoms. The molecule has 1 unspecified atom stereocenters. The monoisotopic (exact) mass is 249 g/mol. The topological polar surface area (TPSA) is 46.8 Å². The summed E-state index contributed by atoms with van der Waals surface area (Å²) in [5, 5.41) is 1.29. The van der Waals surface area contributed by atoms with E-state index in [0.717, 1.165) is 11.0 Å². The summed E-state index contributed by atoms with van der Waals surface area (Å²) < 4.78 is 1.96. The van der Waals surface area contributed by atoms with Crippen LogP contribution in [-0.4, -0.2) is 43.9 Å². The SMILES string of the molecule is CC(Sc1nccn1-c1ccncn1)N(C)C. The number of imidazole rings is 1. The zero-order valence-electron chi connectivity index (χ0n) is 10.1. The highest BCUT2D eigenvalue weighted by Crippen LogP contribution is 2.24. The zero-order valence-corrected chi connectivity index (χ0v) is 10.9. The second kappa shape index (κ2) is 5.29. The predicted octanol–water partition coefficient (Wildman–Crippen LogP) is 1.66. The van der Waals surface area contributed by atoms with E-state index in [-0.39, 0.29) is 0 Å². The highest BCUT2D eigenvalue weighted by molar-refractivity contribution is 7.99. The van der Waals surface area contributed by atoms with Gasteiger partial charge >= 0.3 is 0 Å². The smallest absolute Gasteiger partial charge is 0.175 e. The molecule has 17 heavy (non-hydrogen) atoms. The van der Waals surface area contributed by atoms with Gasteiger partial charge in [-0.05, 0) is 27.1 Å². The van der Waals surface area contributed by atoms with E-state index in [1.165, 1.54) is 0 Å². The Labute approximate surface area is 105 Å². The van der Waals surface area contributed by atoms with Crippen molar-refractivity contribution in [2.24, 2.45) is 0 Å². The Hall–Kier alpha value is -1.40. The number of hydrogen-bond donors (Lipinski definition) is 0. The first kappa shape index (κ1) is 12.1. The van der Waals surface area contributed by atoms with E-state index in [1.807, 2.05) is 16.8 Å². The standard InChI is InChI=1S/C11H15N5S/c1-9(15(2)3)17-11-13-6-7-16(11)10-4-5-12-8-14-10/h4-9H,1-3H3. The van der Waals surface area contributed by atoms with Crippen molar-refractivity contribution in [2.75, 3.05) is 14.1 Å². The predicted molar refractivity (Wildman–Crippen MR) is 68.2 cm³/mol. The van der Waals surface area contributed by atoms with Gasteiger partial charge in [-0.1, -0.05) is 11.8 Å². The van der Waals surface area contributed by atoms with Crippen LogP contribution in [0.5, 0.6) is 0 Å². The van der Waals surface area contributed by atoms with Crippen LogP contribution in [0.4, 0.5) is 0 Å². The molecule has 0 aliphatic carbocycles. The van der Waals surface area contributed by atoms with Crippen molar-refractivity contribution < 1.29 is 0 Å². The Balaban J connectivity index is 2.23. The Kier molecular flexibility index (Phi) is 3.75. The third-order valence-electron chi connectivity index (χ3n) is 2.42. The number of hydrogen-bond acceptors (Lipinski definition) is 5. The highest BCUT2D eigenvalue weighted by atomic mass is 32.2. The van der Waals surface area contributed by atoms with E-state index in [2.05, 4.69) is 40.9 Å². The van der Waals surface area contributed by atoms with E-state index >= 15 is 0 Å². The number of aromatic nitrogens is 4. The maximum atomic E-state index is 4.35. The lowest BCUT2D eigenvalue weighted by Gasteiger charge is -2.18. The second-order valence-corrected chi connectivity index (χ2v) is 5.11. The minimum atomic E-state index is 0.359. The fourth-order valence-corrected chi connectivity index (χ4v) is 2.14. The van der Waals surface area contributed by atoms with Gasteiger partial charge in [0.25, 0.3) is 0 Å². The average Bonchev–Trinajstić information content (AvgIpc) is 2.78. The molecule has 90 valence electrons. The van der Waals surface area contributed by atoms with Crippen molar-refractivity contribution in [3.63, 3.8) is 0 Å². The molecule has 0 bridgehead atoms. The van der Waals surface area contributed by atoms with Crippen LogP contribution in [0.3, 0.4) is 0 Å². The van der Waals surface area contributed by atoms with Crippen LogP contribution in [0.25, 0.3) is 5.82 Å². The fraction of sp³-hybridized carbons (Fsp3) is 0.364. The molecule has 0 aliphatic rings. The molecule has 2 aromatic rings. The number of nitrogens with zero attached hydrogens (tertiary/aromatic N) is 5. The molecule has 0 aromatic carbocycles. The van der Waals surface area contributed by atoms with E-state index in [1.54, 1.807) is 30.5 Å². The summed E-state index contributed by atoms with van der Waals surface area (Å²) in [4.78, 5) is 14.6. The van der Waals surface area contributed by atoms with E-state index in [4.69, 9.17) is 0 Å². The lowest BCUT2D eigenvalue weighted by molar-refractivity contribution is 0.401. The third-order valence-corrected chi connectivity index (χ3v) is 3.70. The van der Waals surface area contributed by atoms with Crippen molar-refractivity contribution in [2.45, 2.75) is 17.5 Å². The molecule has 5 nitrogen and oxygen atoms in total. The molecule has 0 N–H and O–H groups in total. The summed E-state index contributed by atoms with van der Waals surface area (Å²) in [6, 6.07) is 1.87. The van der Waals surface area contributed by atoms with Crippen LogP contribution < -0.4 is 0 Å². The molecular weight excluding hydrogens is 234 g/mol. The summed E-state index contributed by atoms with van der Waals surface area (Å²) in [6.45, 7) is 2.14. The van der Waals surface area contributed by atoms with Gasteiger partial charge in [-0.3, -0.25) is 9.47 Å². The largest absolute Gasteiger partial charge is 0.297 e. The van der Waals surface area contributed by atoms with Gasteiger partial charge in [0.1, 0.15) is 12.1 Å². The van der Waals surface area contributed by atoms with Crippen LogP contribution >= 0.6 is 11.8 Å². The summed E-state index contributed by atoms with van der Waals surface area (Å²) in [5.74, 6) is 0.839. The van der Waals surface area contributed by atoms with Crippen LogP contribution in [0.15, 0.2) is 36.1 Å². The van der Waals surface area contributed by atoms with E-state index < -0.39 is 0 Å². The van der Waals surface area contributed by atoms with Gasteiger partial charge in [0.05, 0.1) is 5.37 Å². The van der Waals surface area contributed by atoms with Crippen LogP contribution in [0, 0.1) is 0 Å². The van der Waals surface area contributed by atoms with Crippen molar-refractivity contribution in [1.29, 1.82) is 0 Å². The summed E-state index contributed by atoms with van der Waals surface area (Å²) in [5.41, 5.74) is 0. The van der Waals surface area contributed by atoms with Crippen molar-refractivity contribution in [1.82, 2.24) is 24.4 Å². The first-order valence-electron chi connectivity index (χ1n) is 5.31. The van der Waals surface area contributed by atoms with Gasteiger partial charge in [0.2, 0.25) is 0 Å². The third kappa shape index (κ3) is 2.83. The van der Waals surface area contributed by atoms with Gasteiger partial charge < -0.3 is 0 Å². The molecule has 0 radical (unpaired) electrons. The van der Waals surface area contributed by atoms with E-state index in [0.29, 0.717) is 5.37 Å². The number of thioether (sulfide) groups is 1. The maximum Gasteiger partial charge on any atom is 0.175 e. The minimum Gasteiger partial charge on any atom is -0.297 e. The molecule has 2 heterocycles. The molecule has 0 saturated carbocycles. The fourth-order valence-electron chi connectivity index (χ4n) is 1.24. The Bertz CT molecular complexity index is 468. The lowest BCUT2D eigenvalue weighted by Crippen LogP contribution is -2.21. The quantitative estimate of drug-likeness (QED) is 0.609. The summed E-state index contributed by atoms with van der Waals surface area (Å²) in [6.07, 6.45) is 6.96. The van der Waals surface area contributed by atoms with Gasteiger partial charge in [-0.25, -0.2) is 15.0 Å². The molecule has 0 fully saturated rings. The summed E-state index contributed by atoms with van der Waals surface area (Å²) in [7, 11) is 4.10. The van der Waals surface area contributed by atoms with E-state index in [9.17, 15) is 0 Å². The molecule has 0 saturated heterocycles. The van der Waals surface area contributed by atoms with Crippen molar-refractivity contribution in [3.05, 3.63) is 31.0 Å². The zero-order chi connectivity index (χ0) is 12.3. The Morgan fingerprint density at radius 1 is 1.29 bits per heavy atom. The average molecular weight is 249 g/mol. The molecule has 0 amide bonds. The van der Waals surface area contributed by atoms with Crippen LogP contribution in [-0.2, 0) is 0 Å². The molecule has 2 rings (SSSR count). The minimum absolute atomic E-state index is 0.359. The summed E-state index contributed by atoms with van der Waals surface area (Å²) >= 11 is 1.70. The molecule has 0 aliphatic heterocycles. The van der Waals surface area contributed by atoms with Gasteiger partial charge in [0, 0.05) is 18.6 Å². The van der Waals surface area contributed by atoms with Crippen molar-refractivity contribution >= 4 is 11.8 Å². The Morgan fingerprint density at radius 3 is 2.76 bits per heavy atom. The maximum absolute atomic E-state index is 4.35. The first-order valence-corrected chi connectivity index (χ1v) is 6.19. The Morgan fingerprint density at radius 2 is 2.12 bits per heavy atom. The van der Waals surface area contributed by atoms with Gasteiger partial charge in [0.15, 0.2) is 5.16 Å². The second-order valence-electron chi connectivity index (χ2n) is 3.83. The first-order chi connectivity index (χ1) is 8.18. The molecular formula is C11H15N5S. The molecule has 6 heteroatoms. The molecule has 1 atom stereocenters. The van der Waals surface area contributed by atoms with Crippen molar-refractivity contribution in [3.8, 4) is 5.82 Å². The highest BCUT2D eigenvalue weighted by Gasteiger charge is 2.12. The lowest BCUT2D eigenvalue weighted by atomic mass is 10.6. The van der Waals surface area contributed by atoms with Crippen LogP contribution in [0.1, 0.15) is 6.92 Å². The number of rotatable bonds is 4. The van der Waals surface area contributed by atoms with Gasteiger partial charge in [-0.15, -0.1) is 0 Å². The van der Waals surface area contributed by atoms with Crippen LogP contribution in [0.2, 0.25) is 0 Å². The molecule has 2 aromatic heterocycles. The normalized spacial score (nSPS) is 12.9. The van der Waals surface area contributed by atoms with Gasteiger partial charge in [-0.2, -0.15) is 0 Å².